The monoisotopic (exact) mass is 419 g/mol. The molecule has 2 saturated heterocycles. The molecule has 0 bridgehead atoms. The number of nitrogens with one attached hydrogen (secondary N) is 1. The number of rotatable bonds is 6. The van der Waals surface area contributed by atoms with Crippen LogP contribution in [0.3, 0.4) is 0 Å². The highest BCUT2D eigenvalue weighted by molar-refractivity contribution is 7.15. The molecule has 1 amide bonds. The van der Waals surface area contributed by atoms with Crippen molar-refractivity contribution >= 4 is 22.4 Å². The number of carbonyl (C=O) groups excluding carboxylic acids is 1. The van der Waals surface area contributed by atoms with E-state index < -0.39 is 0 Å². The number of piperidine rings is 1. The van der Waals surface area contributed by atoms with E-state index >= 15 is 0 Å². The summed E-state index contributed by atoms with van der Waals surface area (Å²) in [5.74, 6) is -0.330. The Labute approximate surface area is 174 Å². The molecule has 0 aliphatic carbocycles. The SMILES string of the molecule is CO[C@H]1CN(CC(=O)Nc2ncc(Cc3ccccc3F)s2)CC[C@@]12CCCO2. The van der Waals surface area contributed by atoms with Crippen LogP contribution in [0.4, 0.5) is 9.52 Å². The van der Waals surface area contributed by atoms with E-state index in [1.165, 1.54) is 17.4 Å². The number of aromatic nitrogens is 1. The first kappa shape index (κ1) is 20.4. The number of hydrogen-bond donors (Lipinski definition) is 1. The second-order valence-corrected chi connectivity index (χ2v) is 8.79. The lowest BCUT2D eigenvalue weighted by molar-refractivity contribution is -0.145. The Balaban J connectivity index is 1.30. The molecular weight excluding hydrogens is 393 g/mol. The van der Waals surface area contributed by atoms with Gasteiger partial charge in [-0.2, -0.15) is 0 Å². The van der Waals surface area contributed by atoms with Crippen molar-refractivity contribution in [3.63, 3.8) is 0 Å². The van der Waals surface area contributed by atoms with Crippen molar-refractivity contribution in [2.75, 3.05) is 38.7 Å². The molecule has 8 heteroatoms. The van der Waals surface area contributed by atoms with Crippen LogP contribution >= 0.6 is 11.3 Å². The zero-order chi connectivity index (χ0) is 20.3. The molecule has 156 valence electrons. The molecule has 2 aliphatic heterocycles. The number of anilines is 1. The molecule has 3 heterocycles. The van der Waals surface area contributed by atoms with Crippen LogP contribution in [-0.2, 0) is 20.7 Å². The van der Waals surface area contributed by atoms with Gasteiger partial charge >= 0.3 is 0 Å². The quantitative estimate of drug-likeness (QED) is 0.780. The third-order valence-corrected chi connectivity index (χ3v) is 6.68. The van der Waals surface area contributed by atoms with Crippen molar-refractivity contribution < 1.29 is 18.7 Å². The van der Waals surface area contributed by atoms with Crippen LogP contribution in [0.2, 0.25) is 0 Å². The number of carbonyl (C=O) groups is 1. The first-order valence-corrected chi connectivity index (χ1v) is 10.8. The highest BCUT2D eigenvalue weighted by atomic mass is 32.1. The van der Waals surface area contributed by atoms with Gasteiger partial charge in [0.05, 0.1) is 18.2 Å². The van der Waals surface area contributed by atoms with E-state index in [1.54, 1.807) is 25.4 Å². The minimum absolute atomic E-state index is 0.0150. The van der Waals surface area contributed by atoms with Crippen molar-refractivity contribution in [3.8, 4) is 0 Å². The standard InChI is InChI=1S/C21H26FN3O3S/c1-27-18-13-25(9-8-21(18)7-4-10-28-21)14-19(26)24-20-23-12-16(29-20)11-15-5-2-3-6-17(15)22/h2-3,5-6,12,18H,4,7-11,13-14H2,1H3,(H,23,24,26)/t18-,21-/m0/s1. The maximum absolute atomic E-state index is 13.8. The molecule has 2 fully saturated rings. The number of halogens is 1. The van der Waals surface area contributed by atoms with Crippen LogP contribution in [0.1, 0.15) is 29.7 Å². The van der Waals surface area contributed by atoms with E-state index in [2.05, 4.69) is 15.2 Å². The maximum Gasteiger partial charge on any atom is 0.240 e. The molecule has 6 nitrogen and oxygen atoms in total. The number of likely N-dealkylation sites (tertiary alicyclic amines) is 1. The molecule has 1 N–H and O–H groups in total. The second-order valence-electron chi connectivity index (χ2n) is 7.67. The summed E-state index contributed by atoms with van der Waals surface area (Å²) in [6.07, 6.45) is 5.11. The van der Waals surface area contributed by atoms with Crippen molar-refractivity contribution in [2.24, 2.45) is 0 Å². The molecule has 2 aromatic rings. The molecule has 0 saturated carbocycles. The van der Waals surface area contributed by atoms with E-state index in [-0.39, 0.29) is 30.0 Å². The Morgan fingerprint density at radius 1 is 1.45 bits per heavy atom. The van der Waals surface area contributed by atoms with Gasteiger partial charge in [-0.1, -0.05) is 18.2 Å². The summed E-state index contributed by atoms with van der Waals surface area (Å²) in [6, 6.07) is 6.70. The van der Waals surface area contributed by atoms with Crippen molar-refractivity contribution in [3.05, 3.63) is 46.7 Å². The lowest BCUT2D eigenvalue weighted by Gasteiger charge is -2.44. The Morgan fingerprint density at radius 3 is 3.07 bits per heavy atom. The minimum Gasteiger partial charge on any atom is -0.377 e. The summed E-state index contributed by atoms with van der Waals surface area (Å²) in [5, 5.41) is 3.40. The van der Waals surface area contributed by atoms with Crippen LogP contribution in [0.15, 0.2) is 30.5 Å². The van der Waals surface area contributed by atoms with Crippen molar-refractivity contribution in [1.29, 1.82) is 0 Å². The molecule has 29 heavy (non-hydrogen) atoms. The lowest BCUT2D eigenvalue weighted by Crippen LogP contribution is -2.57. The minimum atomic E-state index is -0.228. The van der Waals surface area contributed by atoms with Gasteiger partial charge in [-0.15, -0.1) is 11.3 Å². The van der Waals surface area contributed by atoms with E-state index in [0.29, 0.717) is 23.7 Å². The highest BCUT2D eigenvalue weighted by Gasteiger charge is 2.46. The molecule has 2 atom stereocenters. The number of benzene rings is 1. The zero-order valence-corrected chi connectivity index (χ0v) is 17.3. The number of thiazole rings is 1. The molecule has 4 rings (SSSR count). The summed E-state index contributed by atoms with van der Waals surface area (Å²) in [6.45, 7) is 2.57. The highest BCUT2D eigenvalue weighted by Crippen LogP contribution is 2.37. The molecule has 1 aromatic carbocycles. The zero-order valence-electron chi connectivity index (χ0n) is 16.5. The fraction of sp³-hybridized carbons (Fsp3) is 0.524. The third-order valence-electron chi connectivity index (χ3n) is 5.77. The van der Waals surface area contributed by atoms with Gasteiger partial charge in [-0.3, -0.25) is 9.69 Å². The number of hydrogen-bond acceptors (Lipinski definition) is 6. The maximum atomic E-state index is 13.8. The summed E-state index contributed by atoms with van der Waals surface area (Å²) in [4.78, 5) is 19.8. The van der Waals surface area contributed by atoms with Crippen LogP contribution < -0.4 is 5.32 Å². The molecule has 1 aromatic heterocycles. The predicted molar refractivity (Wildman–Crippen MR) is 110 cm³/mol. The van der Waals surface area contributed by atoms with Gasteiger partial charge in [-0.05, 0) is 30.9 Å². The van der Waals surface area contributed by atoms with Gasteiger partial charge in [0.2, 0.25) is 5.91 Å². The van der Waals surface area contributed by atoms with E-state index in [4.69, 9.17) is 9.47 Å². The molecule has 2 aliphatic rings. The summed E-state index contributed by atoms with van der Waals surface area (Å²) >= 11 is 1.37. The average molecular weight is 420 g/mol. The Hall–Kier alpha value is -1.87. The molecule has 1 spiro atoms. The van der Waals surface area contributed by atoms with E-state index in [9.17, 15) is 9.18 Å². The first-order chi connectivity index (χ1) is 14.1. The normalized spacial score (nSPS) is 24.8. The Bertz CT molecular complexity index is 853. The van der Waals surface area contributed by atoms with Gasteiger partial charge in [0.15, 0.2) is 5.13 Å². The molecular formula is C21H26FN3O3S. The Morgan fingerprint density at radius 2 is 2.31 bits per heavy atom. The van der Waals surface area contributed by atoms with E-state index in [1.807, 2.05) is 6.07 Å². The summed E-state index contributed by atoms with van der Waals surface area (Å²) < 4.78 is 25.5. The van der Waals surface area contributed by atoms with Gasteiger partial charge in [-0.25, -0.2) is 9.37 Å². The van der Waals surface area contributed by atoms with Crippen LogP contribution in [0, 0.1) is 5.82 Å². The van der Waals surface area contributed by atoms with Gasteiger partial charge in [0, 0.05) is 44.3 Å². The predicted octanol–water partition coefficient (Wildman–Crippen LogP) is 3.08. The summed E-state index contributed by atoms with van der Waals surface area (Å²) in [7, 11) is 1.71. The molecule has 0 radical (unpaired) electrons. The molecule has 0 unspecified atom stereocenters. The smallest absolute Gasteiger partial charge is 0.240 e. The Kier molecular flexibility index (Phi) is 6.24. The topological polar surface area (TPSA) is 63.7 Å². The number of nitrogens with zero attached hydrogens (tertiary/aromatic N) is 2. The van der Waals surface area contributed by atoms with Crippen LogP contribution in [0.5, 0.6) is 0 Å². The average Bonchev–Trinajstić information content (AvgIpc) is 3.35. The summed E-state index contributed by atoms with van der Waals surface area (Å²) in [5.41, 5.74) is 0.439. The van der Waals surface area contributed by atoms with Crippen LogP contribution in [0.25, 0.3) is 0 Å². The van der Waals surface area contributed by atoms with Gasteiger partial charge in [0.1, 0.15) is 5.82 Å². The number of ether oxygens (including phenoxy) is 2. The second kappa shape index (κ2) is 8.87. The van der Waals surface area contributed by atoms with Gasteiger partial charge < -0.3 is 14.8 Å². The fourth-order valence-electron chi connectivity index (χ4n) is 4.24. The van der Waals surface area contributed by atoms with Crippen molar-refractivity contribution in [2.45, 2.75) is 37.4 Å². The van der Waals surface area contributed by atoms with Crippen LogP contribution in [-0.4, -0.2) is 60.8 Å². The fourth-order valence-corrected chi connectivity index (χ4v) is 5.09. The number of amides is 1. The third kappa shape index (κ3) is 4.66. The van der Waals surface area contributed by atoms with Gasteiger partial charge in [0.25, 0.3) is 0 Å². The lowest BCUT2D eigenvalue weighted by atomic mass is 9.86. The largest absolute Gasteiger partial charge is 0.377 e. The number of methoxy groups -OCH3 is 1. The van der Waals surface area contributed by atoms with E-state index in [0.717, 1.165) is 37.3 Å². The van der Waals surface area contributed by atoms with Crippen molar-refractivity contribution in [1.82, 2.24) is 9.88 Å². The first-order valence-electron chi connectivity index (χ1n) is 9.95.